The summed E-state index contributed by atoms with van der Waals surface area (Å²) in [5.41, 5.74) is 10.9. The molecule has 0 fully saturated rings. The summed E-state index contributed by atoms with van der Waals surface area (Å²) in [6, 6.07) is 64.8. The molecule has 0 saturated heterocycles. The van der Waals surface area contributed by atoms with Gasteiger partial charge in [0.1, 0.15) is 0 Å². The highest BCUT2D eigenvalue weighted by Gasteiger charge is 2.22. The lowest BCUT2D eigenvalue weighted by atomic mass is 9.87. The van der Waals surface area contributed by atoms with Crippen molar-refractivity contribution >= 4 is 71.2 Å². The van der Waals surface area contributed by atoms with E-state index in [-0.39, 0.29) is 5.41 Å². The summed E-state index contributed by atoms with van der Waals surface area (Å²) in [5.74, 6) is 0. The van der Waals surface area contributed by atoms with Gasteiger partial charge in [0.2, 0.25) is 0 Å². The third-order valence-electron chi connectivity index (χ3n) is 10.9. The molecule has 1 heterocycles. The molecule has 0 spiro atoms. The number of anilines is 3. The van der Waals surface area contributed by atoms with Gasteiger partial charge in [0.25, 0.3) is 0 Å². The van der Waals surface area contributed by atoms with Crippen molar-refractivity contribution < 1.29 is 0 Å². The minimum Gasteiger partial charge on any atom is -0.310 e. The molecule has 10 rings (SSSR count). The Morgan fingerprint density at radius 1 is 0.423 bits per heavy atom. The fourth-order valence-electron chi connectivity index (χ4n) is 8.34. The van der Waals surface area contributed by atoms with Crippen LogP contribution in [0.2, 0.25) is 0 Å². The molecule has 0 amide bonds. The quantitative estimate of drug-likeness (QED) is 0.166. The molecule has 0 unspecified atom stereocenters. The molecule has 2 nitrogen and oxygen atoms in total. The SMILES string of the molecule is CC(C)(C)c1ccc(N(c2cccc(-c3ccccc3)c2)c2ccc3ccc4c(-n5c6ccccc6c6ccccc65)ccc5ccc2c3c54)cc1. The van der Waals surface area contributed by atoms with Gasteiger partial charge < -0.3 is 9.47 Å². The van der Waals surface area contributed by atoms with Crippen molar-refractivity contribution in [1.29, 1.82) is 0 Å². The maximum Gasteiger partial charge on any atom is 0.0541 e. The van der Waals surface area contributed by atoms with E-state index in [1.165, 1.54) is 76.5 Å². The summed E-state index contributed by atoms with van der Waals surface area (Å²) in [6.45, 7) is 6.83. The van der Waals surface area contributed by atoms with Gasteiger partial charge >= 0.3 is 0 Å². The summed E-state index contributed by atoms with van der Waals surface area (Å²) in [6.07, 6.45) is 0. The second kappa shape index (κ2) is 11.6. The van der Waals surface area contributed by atoms with Crippen molar-refractivity contribution in [1.82, 2.24) is 4.57 Å². The number of aromatic nitrogens is 1. The Morgan fingerprint density at radius 2 is 1.00 bits per heavy atom. The summed E-state index contributed by atoms with van der Waals surface area (Å²) >= 11 is 0. The van der Waals surface area contributed by atoms with Crippen molar-refractivity contribution in [2.75, 3.05) is 4.90 Å². The van der Waals surface area contributed by atoms with Gasteiger partial charge in [-0.25, -0.2) is 0 Å². The van der Waals surface area contributed by atoms with Gasteiger partial charge in [-0.05, 0) is 92.2 Å². The molecule has 0 radical (unpaired) electrons. The summed E-state index contributed by atoms with van der Waals surface area (Å²) in [4.78, 5) is 2.44. The van der Waals surface area contributed by atoms with Crippen LogP contribution in [0.4, 0.5) is 17.1 Å². The zero-order valence-corrected chi connectivity index (χ0v) is 29.6. The summed E-state index contributed by atoms with van der Waals surface area (Å²) in [5, 5.41) is 10.1. The Morgan fingerprint density at radius 3 is 1.69 bits per heavy atom. The van der Waals surface area contributed by atoms with Gasteiger partial charge in [-0.15, -0.1) is 0 Å². The fraction of sp³-hybridized carbons (Fsp3) is 0.0800. The standard InChI is InChI=1S/C50H38N2/c1-50(2,3)37-24-26-38(27-25-37)51(39-15-11-14-36(32-39)33-12-5-4-6-13-33)46-30-22-34-21-29-43-47(31-23-35-20-28-42(46)48(34)49(35)43)52-44-18-9-7-16-40(44)41-17-8-10-19-45(41)52/h4-32H,1-3H3. The highest BCUT2D eigenvalue weighted by atomic mass is 15.1. The van der Waals surface area contributed by atoms with Crippen LogP contribution in [0.5, 0.6) is 0 Å². The Labute approximate surface area is 304 Å². The lowest BCUT2D eigenvalue weighted by Crippen LogP contribution is -2.13. The largest absolute Gasteiger partial charge is 0.310 e. The molecule has 0 aliphatic heterocycles. The van der Waals surface area contributed by atoms with E-state index in [1.807, 2.05) is 0 Å². The average Bonchev–Trinajstić information content (AvgIpc) is 3.52. The topological polar surface area (TPSA) is 8.17 Å². The predicted octanol–water partition coefficient (Wildman–Crippen LogP) is 14.1. The monoisotopic (exact) mass is 666 g/mol. The maximum atomic E-state index is 2.45. The molecule has 10 aromatic rings. The van der Waals surface area contributed by atoms with Crippen LogP contribution in [0.25, 0.3) is 70.9 Å². The average molecular weight is 667 g/mol. The van der Waals surface area contributed by atoms with Gasteiger partial charge in [-0.3, -0.25) is 0 Å². The highest BCUT2D eigenvalue weighted by Crippen LogP contribution is 2.46. The third kappa shape index (κ3) is 4.72. The van der Waals surface area contributed by atoms with E-state index in [9.17, 15) is 0 Å². The van der Waals surface area contributed by atoms with Crippen LogP contribution in [0.1, 0.15) is 26.3 Å². The van der Waals surface area contributed by atoms with E-state index in [0.717, 1.165) is 17.1 Å². The smallest absolute Gasteiger partial charge is 0.0541 e. The number of hydrogen-bond donors (Lipinski definition) is 0. The van der Waals surface area contributed by atoms with E-state index < -0.39 is 0 Å². The molecule has 0 aliphatic carbocycles. The molecule has 0 aliphatic rings. The Balaban J connectivity index is 1.24. The number of nitrogens with zero attached hydrogens (tertiary/aromatic N) is 2. The highest BCUT2D eigenvalue weighted by molar-refractivity contribution is 6.27. The van der Waals surface area contributed by atoms with Crippen molar-refractivity contribution in [3.8, 4) is 16.8 Å². The minimum absolute atomic E-state index is 0.0671. The number of hydrogen-bond acceptors (Lipinski definition) is 1. The van der Waals surface area contributed by atoms with Crippen molar-refractivity contribution in [2.45, 2.75) is 26.2 Å². The van der Waals surface area contributed by atoms with Gasteiger partial charge in [0.05, 0.1) is 22.4 Å². The third-order valence-corrected chi connectivity index (χ3v) is 10.9. The molecule has 0 N–H and O–H groups in total. The number of fused-ring (bicyclic) bond motifs is 3. The van der Waals surface area contributed by atoms with Crippen LogP contribution in [-0.2, 0) is 5.41 Å². The number of benzene rings is 9. The minimum atomic E-state index is 0.0671. The first-order valence-corrected chi connectivity index (χ1v) is 18.2. The predicted molar refractivity (Wildman–Crippen MR) is 223 cm³/mol. The van der Waals surface area contributed by atoms with Crippen LogP contribution >= 0.6 is 0 Å². The van der Waals surface area contributed by atoms with E-state index in [0.29, 0.717) is 0 Å². The zero-order chi connectivity index (χ0) is 35.0. The molecule has 0 atom stereocenters. The Bertz CT molecular complexity index is 2870. The van der Waals surface area contributed by atoms with Crippen molar-refractivity contribution in [3.05, 3.63) is 181 Å². The number of rotatable bonds is 5. The number of para-hydroxylation sites is 2. The maximum absolute atomic E-state index is 2.45. The van der Waals surface area contributed by atoms with Crippen LogP contribution in [0.15, 0.2) is 176 Å². The Kier molecular flexibility index (Phi) is 6.78. The van der Waals surface area contributed by atoms with Gasteiger partial charge in [0.15, 0.2) is 0 Å². The second-order valence-electron chi connectivity index (χ2n) is 15.0. The summed E-state index contributed by atoms with van der Waals surface area (Å²) < 4.78 is 2.45. The molecular weight excluding hydrogens is 629 g/mol. The van der Waals surface area contributed by atoms with E-state index in [1.54, 1.807) is 0 Å². The molecular formula is C50H38N2. The molecule has 1 aromatic heterocycles. The lowest BCUT2D eigenvalue weighted by Gasteiger charge is -2.29. The second-order valence-corrected chi connectivity index (χ2v) is 15.0. The molecule has 2 heteroatoms. The van der Waals surface area contributed by atoms with Gasteiger partial charge in [-0.2, -0.15) is 0 Å². The van der Waals surface area contributed by atoms with Gasteiger partial charge in [-0.1, -0.05) is 148 Å². The van der Waals surface area contributed by atoms with Gasteiger partial charge in [0, 0.05) is 32.9 Å². The van der Waals surface area contributed by atoms with E-state index >= 15 is 0 Å². The van der Waals surface area contributed by atoms with Crippen LogP contribution in [0.3, 0.4) is 0 Å². The molecule has 0 saturated carbocycles. The van der Waals surface area contributed by atoms with Crippen LogP contribution < -0.4 is 4.90 Å². The molecule has 52 heavy (non-hydrogen) atoms. The molecule has 0 bridgehead atoms. The zero-order valence-electron chi connectivity index (χ0n) is 29.6. The Hall–Kier alpha value is -6.38. The first-order chi connectivity index (χ1) is 25.4. The fourth-order valence-corrected chi connectivity index (χ4v) is 8.34. The van der Waals surface area contributed by atoms with E-state index in [4.69, 9.17) is 0 Å². The lowest BCUT2D eigenvalue weighted by molar-refractivity contribution is 0.590. The van der Waals surface area contributed by atoms with E-state index in [2.05, 4.69) is 206 Å². The summed E-state index contributed by atoms with van der Waals surface area (Å²) in [7, 11) is 0. The normalized spacial score (nSPS) is 12.1. The molecule has 9 aromatic carbocycles. The first kappa shape index (κ1) is 30.4. The van der Waals surface area contributed by atoms with Crippen molar-refractivity contribution in [3.63, 3.8) is 0 Å². The van der Waals surface area contributed by atoms with Crippen LogP contribution in [0, 0.1) is 0 Å². The molecule has 248 valence electrons. The van der Waals surface area contributed by atoms with Crippen molar-refractivity contribution in [2.24, 2.45) is 0 Å². The van der Waals surface area contributed by atoms with Crippen LogP contribution in [-0.4, -0.2) is 4.57 Å². The first-order valence-electron chi connectivity index (χ1n) is 18.2.